The van der Waals surface area contributed by atoms with Gasteiger partial charge in [-0.15, -0.1) is 0 Å². The van der Waals surface area contributed by atoms with Gasteiger partial charge in [-0.05, 0) is 25.1 Å². The Hall–Kier alpha value is -2.16. The summed E-state index contributed by atoms with van der Waals surface area (Å²) >= 11 is 0. The Bertz CT molecular complexity index is 627. The molecule has 1 unspecified atom stereocenters. The summed E-state index contributed by atoms with van der Waals surface area (Å²) in [5.41, 5.74) is -0.949. The minimum atomic E-state index is -4.36. The van der Waals surface area contributed by atoms with Crippen molar-refractivity contribution in [2.75, 3.05) is 4.72 Å². The van der Waals surface area contributed by atoms with E-state index in [0.717, 1.165) is 25.1 Å². The maximum atomic E-state index is 13.4. The number of hydrogen-bond donors (Lipinski definition) is 3. The number of nitrogens with one attached hydrogen (secondary N) is 1. The number of carboxylic acid groups (broad SMARTS) is 2. The predicted molar refractivity (Wildman–Crippen MR) is 63.0 cm³/mol. The Labute approximate surface area is 107 Å². The van der Waals surface area contributed by atoms with E-state index in [2.05, 4.69) is 0 Å². The van der Waals surface area contributed by atoms with Gasteiger partial charge in [0, 0.05) is 0 Å². The molecule has 9 heteroatoms. The smallest absolute Gasteiger partial charge is 0.335 e. The van der Waals surface area contributed by atoms with Gasteiger partial charge in [0.2, 0.25) is 10.0 Å². The molecule has 0 aliphatic rings. The fraction of sp³-hybridized carbons (Fsp3) is 0.200. The fourth-order valence-corrected chi connectivity index (χ4v) is 2.02. The van der Waals surface area contributed by atoms with E-state index in [-0.39, 0.29) is 5.56 Å². The molecule has 1 atom stereocenters. The SMILES string of the molecule is CC(C(=O)O)S(=O)(=O)Nc1cc(C(=O)O)ccc1F. The number of benzene rings is 1. The van der Waals surface area contributed by atoms with Crippen molar-refractivity contribution in [3.8, 4) is 0 Å². The van der Waals surface area contributed by atoms with Gasteiger partial charge in [0.25, 0.3) is 0 Å². The fourth-order valence-electron chi connectivity index (χ4n) is 1.11. The number of carboxylic acids is 2. The molecule has 0 radical (unpaired) electrons. The van der Waals surface area contributed by atoms with Crippen molar-refractivity contribution in [2.45, 2.75) is 12.2 Å². The van der Waals surface area contributed by atoms with Crippen LogP contribution in [-0.4, -0.2) is 35.8 Å². The van der Waals surface area contributed by atoms with Crippen LogP contribution < -0.4 is 4.72 Å². The molecule has 1 aromatic rings. The Morgan fingerprint density at radius 1 is 1.32 bits per heavy atom. The molecular formula is C10H10FNO6S. The third-order valence-corrected chi connectivity index (χ3v) is 3.92. The number of rotatable bonds is 5. The molecule has 0 spiro atoms. The van der Waals surface area contributed by atoms with Crippen LogP contribution in [0.1, 0.15) is 17.3 Å². The average Bonchev–Trinajstić information content (AvgIpc) is 2.30. The first-order chi connectivity index (χ1) is 8.65. The molecule has 0 saturated carbocycles. The van der Waals surface area contributed by atoms with Crippen molar-refractivity contribution in [1.29, 1.82) is 0 Å². The molecule has 19 heavy (non-hydrogen) atoms. The van der Waals surface area contributed by atoms with Crippen LogP contribution in [0.25, 0.3) is 0 Å². The van der Waals surface area contributed by atoms with Gasteiger partial charge in [0.1, 0.15) is 5.82 Å². The van der Waals surface area contributed by atoms with Gasteiger partial charge < -0.3 is 10.2 Å². The quantitative estimate of drug-likeness (QED) is 0.735. The van der Waals surface area contributed by atoms with E-state index in [0.29, 0.717) is 0 Å². The Morgan fingerprint density at radius 2 is 1.89 bits per heavy atom. The van der Waals surface area contributed by atoms with E-state index in [1.165, 1.54) is 0 Å². The maximum Gasteiger partial charge on any atom is 0.335 e. The van der Waals surface area contributed by atoms with Crippen LogP contribution in [0.4, 0.5) is 10.1 Å². The number of anilines is 1. The molecule has 0 amide bonds. The van der Waals surface area contributed by atoms with Crippen molar-refractivity contribution in [3.63, 3.8) is 0 Å². The Balaban J connectivity index is 3.15. The summed E-state index contributed by atoms with van der Waals surface area (Å²) in [6.07, 6.45) is 0. The minimum Gasteiger partial charge on any atom is -0.480 e. The number of aliphatic carboxylic acids is 1. The van der Waals surface area contributed by atoms with Crippen molar-refractivity contribution in [3.05, 3.63) is 29.6 Å². The van der Waals surface area contributed by atoms with Crippen molar-refractivity contribution in [1.82, 2.24) is 0 Å². The molecule has 3 N–H and O–H groups in total. The first kappa shape index (κ1) is 14.9. The normalized spacial score (nSPS) is 12.7. The zero-order valence-electron chi connectivity index (χ0n) is 9.62. The van der Waals surface area contributed by atoms with Gasteiger partial charge >= 0.3 is 11.9 Å². The van der Waals surface area contributed by atoms with E-state index in [9.17, 15) is 22.4 Å². The van der Waals surface area contributed by atoms with Crippen molar-refractivity contribution >= 4 is 27.6 Å². The summed E-state index contributed by atoms with van der Waals surface area (Å²) in [6, 6.07) is 2.49. The van der Waals surface area contributed by atoms with Crippen LogP contribution in [0.2, 0.25) is 0 Å². The molecule has 104 valence electrons. The second kappa shape index (κ2) is 5.22. The molecule has 7 nitrogen and oxygen atoms in total. The highest BCUT2D eigenvalue weighted by molar-refractivity contribution is 7.94. The molecule has 0 saturated heterocycles. The molecule has 0 bridgehead atoms. The summed E-state index contributed by atoms with van der Waals surface area (Å²) in [5.74, 6) is -3.99. The maximum absolute atomic E-state index is 13.4. The lowest BCUT2D eigenvalue weighted by Gasteiger charge is -2.12. The van der Waals surface area contributed by atoms with Crippen molar-refractivity contribution < 1.29 is 32.6 Å². The van der Waals surface area contributed by atoms with Gasteiger partial charge in [-0.1, -0.05) is 0 Å². The molecule has 0 aliphatic heterocycles. The monoisotopic (exact) mass is 291 g/mol. The van der Waals surface area contributed by atoms with Gasteiger partial charge in [-0.25, -0.2) is 17.6 Å². The number of hydrogen-bond acceptors (Lipinski definition) is 4. The first-order valence-corrected chi connectivity index (χ1v) is 6.47. The zero-order valence-corrected chi connectivity index (χ0v) is 10.4. The number of aromatic carboxylic acids is 1. The van der Waals surface area contributed by atoms with Crippen LogP contribution in [0.15, 0.2) is 18.2 Å². The third kappa shape index (κ3) is 3.41. The molecule has 0 aromatic heterocycles. The summed E-state index contributed by atoms with van der Waals surface area (Å²) < 4.78 is 38.2. The summed E-state index contributed by atoms with van der Waals surface area (Å²) in [5, 5.41) is 15.5. The summed E-state index contributed by atoms with van der Waals surface area (Å²) in [7, 11) is -4.36. The first-order valence-electron chi connectivity index (χ1n) is 4.92. The van der Waals surface area contributed by atoms with Crippen LogP contribution in [-0.2, 0) is 14.8 Å². The molecule has 1 aromatic carbocycles. The lowest BCUT2D eigenvalue weighted by Crippen LogP contribution is -2.32. The van der Waals surface area contributed by atoms with E-state index < -0.39 is 38.7 Å². The number of halogens is 1. The zero-order chi connectivity index (χ0) is 14.8. The van der Waals surface area contributed by atoms with Gasteiger partial charge in [0.15, 0.2) is 5.25 Å². The van der Waals surface area contributed by atoms with Gasteiger partial charge in [-0.3, -0.25) is 9.52 Å². The van der Waals surface area contributed by atoms with E-state index >= 15 is 0 Å². The number of carbonyl (C=O) groups is 2. The highest BCUT2D eigenvalue weighted by atomic mass is 32.2. The van der Waals surface area contributed by atoms with Crippen LogP contribution >= 0.6 is 0 Å². The largest absolute Gasteiger partial charge is 0.480 e. The van der Waals surface area contributed by atoms with Gasteiger partial charge in [-0.2, -0.15) is 0 Å². The molecular weight excluding hydrogens is 281 g/mol. The summed E-state index contributed by atoms with van der Waals surface area (Å²) in [4.78, 5) is 21.3. The highest BCUT2D eigenvalue weighted by Gasteiger charge is 2.28. The lowest BCUT2D eigenvalue weighted by atomic mass is 10.2. The van der Waals surface area contributed by atoms with E-state index in [4.69, 9.17) is 10.2 Å². The predicted octanol–water partition coefficient (Wildman–Crippen LogP) is 0.739. The Kier molecular flexibility index (Phi) is 4.10. The second-order valence-corrected chi connectivity index (χ2v) is 5.63. The van der Waals surface area contributed by atoms with Crippen molar-refractivity contribution in [2.24, 2.45) is 0 Å². The molecule has 0 fully saturated rings. The van der Waals surface area contributed by atoms with Crippen LogP contribution in [0, 0.1) is 5.82 Å². The standard InChI is InChI=1S/C10H10FNO6S/c1-5(9(13)14)19(17,18)12-8-4-6(10(15)16)2-3-7(8)11/h2-5,12H,1H3,(H,13,14)(H,15,16). The van der Waals surface area contributed by atoms with E-state index in [1.54, 1.807) is 4.72 Å². The number of sulfonamides is 1. The molecule has 0 heterocycles. The van der Waals surface area contributed by atoms with E-state index in [1.807, 2.05) is 0 Å². The topological polar surface area (TPSA) is 121 Å². The van der Waals surface area contributed by atoms with Gasteiger partial charge in [0.05, 0.1) is 11.3 Å². The van der Waals surface area contributed by atoms with Crippen LogP contribution in [0.3, 0.4) is 0 Å². The minimum absolute atomic E-state index is 0.331. The highest BCUT2D eigenvalue weighted by Crippen LogP contribution is 2.19. The molecule has 1 rings (SSSR count). The van der Waals surface area contributed by atoms with Crippen LogP contribution in [0.5, 0.6) is 0 Å². The second-order valence-electron chi connectivity index (χ2n) is 3.63. The average molecular weight is 291 g/mol. The lowest BCUT2D eigenvalue weighted by molar-refractivity contribution is -0.136. The Morgan fingerprint density at radius 3 is 2.37 bits per heavy atom. The molecule has 0 aliphatic carbocycles. The summed E-state index contributed by atoms with van der Waals surface area (Å²) in [6.45, 7) is 0.906. The third-order valence-electron chi connectivity index (χ3n) is 2.28.